The molecule has 3 heterocycles. The molecule has 0 spiro atoms. The van der Waals surface area contributed by atoms with Gasteiger partial charge in [0, 0.05) is 49.6 Å². The molecule has 252 valence electrons. The van der Waals surface area contributed by atoms with E-state index in [9.17, 15) is 35.3 Å². The van der Waals surface area contributed by atoms with Gasteiger partial charge >= 0.3 is 12.1 Å². The van der Waals surface area contributed by atoms with E-state index in [0.29, 0.717) is 11.6 Å². The van der Waals surface area contributed by atoms with Crippen LogP contribution in [0.3, 0.4) is 0 Å². The summed E-state index contributed by atoms with van der Waals surface area (Å²) in [4.78, 5) is 13.9. The van der Waals surface area contributed by atoms with Gasteiger partial charge in [0.1, 0.15) is 30.1 Å². The average molecular weight is 688 g/mol. The van der Waals surface area contributed by atoms with Crippen LogP contribution in [0.1, 0.15) is 50.1 Å². The third kappa shape index (κ3) is 8.28. The number of alkyl halides is 3. The Kier molecular flexibility index (Phi) is 10.5. The molecule has 2 aromatic rings. The van der Waals surface area contributed by atoms with Gasteiger partial charge in [0.05, 0.1) is 18.1 Å². The maximum absolute atomic E-state index is 15.0. The lowest BCUT2D eigenvalue weighted by Crippen LogP contribution is -2.59. The molecule has 2 aliphatic rings. The SMILES string of the molecule is COCP(=O)(NC(C)C(=O)OC(C)C)N[C@H]1C[C@@H](N2Cc3cn(S(C)(=O)=O)nc3C2)[C@@H](C(F)(F)F)O[C@@H]1c1cc(F)ccc1F. The zero-order chi connectivity index (χ0) is 33.5. The number of benzene rings is 1. The number of carbonyl (C=O) groups excluding carboxylic acids is 1. The molecule has 6 atom stereocenters. The van der Waals surface area contributed by atoms with Crippen molar-refractivity contribution in [3.05, 3.63) is 52.9 Å². The molecule has 2 aliphatic heterocycles. The fourth-order valence-electron chi connectivity index (χ4n) is 5.45. The van der Waals surface area contributed by atoms with E-state index in [2.05, 4.69) is 15.3 Å². The lowest BCUT2D eigenvalue weighted by Gasteiger charge is -2.46. The molecule has 19 heteroatoms. The highest BCUT2D eigenvalue weighted by Gasteiger charge is 2.55. The van der Waals surface area contributed by atoms with E-state index in [1.807, 2.05) is 0 Å². The van der Waals surface area contributed by atoms with Crippen LogP contribution in [0.25, 0.3) is 0 Å². The molecule has 12 nitrogen and oxygen atoms in total. The number of fused-ring (bicyclic) bond motifs is 1. The lowest BCUT2D eigenvalue weighted by molar-refractivity contribution is -0.270. The first-order valence-corrected chi connectivity index (χ1v) is 17.6. The number of nitrogens with one attached hydrogen (secondary N) is 2. The highest BCUT2D eigenvalue weighted by Crippen LogP contribution is 2.47. The van der Waals surface area contributed by atoms with Crippen molar-refractivity contribution in [2.45, 2.75) is 82.9 Å². The predicted molar refractivity (Wildman–Crippen MR) is 150 cm³/mol. The molecule has 0 saturated carbocycles. The van der Waals surface area contributed by atoms with Crippen molar-refractivity contribution in [3.8, 4) is 0 Å². The molecule has 4 rings (SSSR count). The summed E-state index contributed by atoms with van der Waals surface area (Å²) in [6, 6.07) is -1.71. The third-order valence-electron chi connectivity index (χ3n) is 7.27. The van der Waals surface area contributed by atoms with Crippen LogP contribution < -0.4 is 10.2 Å². The normalized spacial score (nSPS) is 24.8. The Balaban J connectivity index is 1.71. The van der Waals surface area contributed by atoms with Crippen LogP contribution in [0.15, 0.2) is 24.4 Å². The zero-order valence-corrected chi connectivity index (χ0v) is 26.8. The van der Waals surface area contributed by atoms with Gasteiger partial charge in [-0.1, -0.05) is 0 Å². The summed E-state index contributed by atoms with van der Waals surface area (Å²) in [5, 5.41) is 9.35. The molecule has 1 aromatic heterocycles. The molecule has 0 bridgehead atoms. The number of nitrogens with zero attached hydrogens (tertiary/aromatic N) is 3. The summed E-state index contributed by atoms with van der Waals surface area (Å²) < 4.78 is 127. The fraction of sp³-hybridized carbons (Fsp3) is 0.615. The quantitative estimate of drug-likeness (QED) is 0.204. The smallest absolute Gasteiger partial charge is 0.416 e. The first-order valence-electron chi connectivity index (χ1n) is 13.8. The topological polar surface area (TPSA) is 141 Å². The Morgan fingerprint density at radius 3 is 2.49 bits per heavy atom. The number of aromatic nitrogens is 2. The van der Waals surface area contributed by atoms with Crippen molar-refractivity contribution in [3.63, 3.8) is 0 Å². The highest BCUT2D eigenvalue weighted by molar-refractivity contribution is 7.89. The second-order valence-corrected chi connectivity index (χ2v) is 15.5. The first kappa shape index (κ1) is 35.4. The number of carbonyl (C=O) groups is 1. The van der Waals surface area contributed by atoms with Crippen LogP contribution in [-0.2, 0) is 46.7 Å². The number of methoxy groups -OCH3 is 1. The Bertz CT molecular complexity index is 1530. The molecule has 0 radical (unpaired) electrons. The van der Waals surface area contributed by atoms with Crippen LogP contribution in [-0.4, -0.2) is 84.7 Å². The second kappa shape index (κ2) is 13.3. The van der Waals surface area contributed by atoms with Gasteiger partial charge in [0.2, 0.25) is 7.44 Å². The Hall–Kier alpha value is -2.47. The monoisotopic (exact) mass is 687 g/mol. The maximum Gasteiger partial charge on any atom is 0.416 e. The molecular weight excluding hydrogens is 652 g/mol. The van der Waals surface area contributed by atoms with E-state index in [1.165, 1.54) is 25.1 Å². The standard InChI is InChI=1S/C26H35F5N5O7PS/c1-14(2)42-25(37)15(3)33-44(38,13-41-4)34-20-9-22(35-10-16-11-36(45(5,39)40)32-21(16)12-35)24(26(29,30)31)43-23(20)18-8-17(27)6-7-19(18)28/h6-8,11,14-15,20,22-24H,9-10,12-13H2,1-5H3,(H2,33,34,38)/t15?,20-,22+,23+,24-,44?/m0/s1. The maximum atomic E-state index is 15.0. The number of ether oxygens (including phenoxy) is 3. The minimum Gasteiger partial charge on any atom is -0.462 e. The summed E-state index contributed by atoms with van der Waals surface area (Å²) in [6.07, 6.45) is -8.60. The summed E-state index contributed by atoms with van der Waals surface area (Å²) in [6.45, 7) is 4.30. The van der Waals surface area contributed by atoms with E-state index < -0.39 is 96.0 Å². The van der Waals surface area contributed by atoms with Crippen LogP contribution in [0, 0.1) is 11.6 Å². The van der Waals surface area contributed by atoms with Gasteiger partial charge in [0.25, 0.3) is 10.0 Å². The van der Waals surface area contributed by atoms with Crippen molar-refractivity contribution in [2.75, 3.05) is 19.7 Å². The molecule has 0 amide bonds. The molecular formula is C26H35F5N5O7PS. The largest absolute Gasteiger partial charge is 0.462 e. The molecule has 45 heavy (non-hydrogen) atoms. The molecule has 2 N–H and O–H groups in total. The summed E-state index contributed by atoms with van der Waals surface area (Å²) in [5.41, 5.74) is 0.0901. The average Bonchev–Trinajstić information content (AvgIpc) is 3.49. The van der Waals surface area contributed by atoms with Gasteiger partial charge in [-0.2, -0.15) is 22.4 Å². The van der Waals surface area contributed by atoms with Gasteiger partial charge in [-0.25, -0.2) is 27.4 Å². The van der Waals surface area contributed by atoms with Crippen LogP contribution in [0.5, 0.6) is 0 Å². The zero-order valence-electron chi connectivity index (χ0n) is 25.0. The van der Waals surface area contributed by atoms with E-state index in [1.54, 1.807) is 13.8 Å². The molecule has 2 unspecified atom stereocenters. The third-order valence-corrected chi connectivity index (χ3v) is 10.3. The van der Waals surface area contributed by atoms with Gasteiger partial charge in [0.15, 0.2) is 6.10 Å². The number of hydrogen-bond acceptors (Lipinski definition) is 9. The van der Waals surface area contributed by atoms with Gasteiger partial charge in [-0.15, -0.1) is 0 Å². The van der Waals surface area contributed by atoms with Crippen LogP contribution >= 0.6 is 7.44 Å². The Morgan fingerprint density at radius 2 is 1.91 bits per heavy atom. The van der Waals surface area contributed by atoms with Crippen LogP contribution in [0.4, 0.5) is 22.0 Å². The molecule has 1 aromatic carbocycles. The summed E-state index contributed by atoms with van der Waals surface area (Å²) in [5.74, 6) is -2.74. The van der Waals surface area contributed by atoms with E-state index in [-0.39, 0.29) is 18.8 Å². The van der Waals surface area contributed by atoms with Gasteiger partial charge in [-0.3, -0.25) is 14.3 Å². The van der Waals surface area contributed by atoms with Crippen molar-refractivity contribution >= 4 is 23.4 Å². The number of hydrogen-bond donors (Lipinski definition) is 2. The predicted octanol–water partition coefficient (Wildman–Crippen LogP) is 3.43. The number of esters is 1. The van der Waals surface area contributed by atoms with Crippen molar-refractivity contribution in [1.82, 2.24) is 24.3 Å². The van der Waals surface area contributed by atoms with Gasteiger partial charge in [-0.05, 0) is 45.4 Å². The molecule has 1 fully saturated rings. The van der Waals surface area contributed by atoms with Crippen molar-refractivity contribution < 1.29 is 53.9 Å². The van der Waals surface area contributed by atoms with E-state index >= 15 is 4.39 Å². The number of halogens is 5. The van der Waals surface area contributed by atoms with Crippen LogP contribution in [0.2, 0.25) is 0 Å². The lowest BCUT2D eigenvalue weighted by atomic mass is 9.89. The second-order valence-electron chi connectivity index (χ2n) is 11.4. The van der Waals surface area contributed by atoms with E-state index in [4.69, 9.17) is 14.2 Å². The van der Waals surface area contributed by atoms with Crippen molar-refractivity contribution in [2.24, 2.45) is 0 Å². The minimum absolute atomic E-state index is 0.122. The van der Waals surface area contributed by atoms with Crippen molar-refractivity contribution in [1.29, 1.82) is 0 Å². The number of rotatable bonds is 11. The fourth-order valence-corrected chi connectivity index (χ4v) is 8.11. The Morgan fingerprint density at radius 1 is 1.22 bits per heavy atom. The molecule has 1 saturated heterocycles. The first-order chi connectivity index (χ1) is 20.8. The Labute approximate surface area is 257 Å². The minimum atomic E-state index is -4.98. The molecule has 0 aliphatic carbocycles. The summed E-state index contributed by atoms with van der Waals surface area (Å²) in [7, 11) is -6.54. The van der Waals surface area contributed by atoms with Gasteiger partial charge < -0.3 is 14.2 Å². The van der Waals surface area contributed by atoms with E-state index in [0.717, 1.165) is 22.5 Å². The highest BCUT2D eigenvalue weighted by atomic mass is 32.2. The summed E-state index contributed by atoms with van der Waals surface area (Å²) >= 11 is 0.